The highest BCUT2D eigenvalue weighted by Gasteiger charge is 2.52. The fraction of sp³-hybridized carbons (Fsp3) is 0.250. The standard InChI is InChI=1S/C16H16N2O5/c19-10-14-16(21,22)15(20)18(17-14)8-9-23-13-7-3-5-11-4-1-2-6-12(11)13/h1-7,10,14,17,21-22H,8-9H2. The third kappa shape index (κ3) is 2.77. The molecule has 0 aliphatic carbocycles. The molecule has 1 fully saturated rings. The lowest BCUT2D eigenvalue weighted by Gasteiger charge is -2.17. The van der Waals surface area contributed by atoms with Gasteiger partial charge in [0.1, 0.15) is 24.7 Å². The summed E-state index contributed by atoms with van der Waals surface area (Å²) in [6, 6.07) is 12.0. The molecule has 0 radical (unpaired) electrons. The van der Waals surface area contributed by atoms with Crippen LogP contribution in [0.15, 0.2) is 42.5 Å². The first-order chi connectivity index (χ1) is 11.0. The van der Waals surface area contributed by atoms with Gasteiger partial charge in [-0.05, 0) is 11.5 Å². The highest BCUT2D eigenvalue weighted by atomic mass is 16.5. The Morgan fingerprint density at radius 1 is 1.22 bits per heavy atom. The lowest BCUT2D eigenvalue weighted by Crippen LogP contribution is -2.47. The monoisotopic (exact) mass is 316 g/mol. The van der Waals surface area contributed by atoms with Gasteiger partial charge in [-0.25, -0.2) is 5.43 Å². The third-order valence-corrected chi connectivity index (χ3v) is 3.75. The van der Waals surface area contributed by atoms with E-state index in [0.29, 0.717) is 5.75 Å². The zero-order valence-corrected chi connectivity index (χ0v) is 12.2. The van der Waals surface area contributed by atoms with Gasteiger partial charge in [0, 0.05) is 5.39 Å². The van der Waals surface area contributed by atoms with Gasteiger partial charge in [-0.15, -0.1) is 0 Å². The van der Waals surface area contributed by atoms with E-state index in [2.05, 4.69) is 5.43 Å². The smallest absolute Gasteiger partial charge is 0.298 e. The highest BCUT2D eigenvalue weighted by Crippen LogP contribution is 2.25. The maximum Gasteiger partial charge on any atom is 0.298 e. The van der Waals surface area contributed by atoms with Crippen LogP contribution in [0.5, 0.6) is 5.75 Å². The van der Waals surface area contributed by atoms with Crippen molar-refractivity contribution >= 4 is 23.0 Å². The molecule has 3 N–H and O–H groups in total. The molecule has 1 amide bonds. The van der Waals surface area contributed by atoms with Gasteiger partial charge in [0.15, 0.2) is 0 Å². The average molecular weight is 316 g/mol. The van der Waals surface area contributed by atoms with Gasteiger partial charge < -0.3 is 19.7 Å². The van der Waals surface area contributed by atoms with Crippen molar-refractivity contribution in [2.24, 2.45) is 0 Å². The molecule has 23 heavy (non-hydrogen) atoms. The predicted molar refractivity (Wildman–Crippen MR) is 81.3 cm³/mol. The van der Waals surface area contributed by atoms with Crippen LogP contribution in [0.3, 0.4) is 0 Å². The maximum atomic E-state index is 11.8. The number of rotatable bonds is 5. The molecular formula is C16H16N2O5. The molecule has 2 aromatic carbocycles. The lowest BCUT2D eigenvalue weighted by atomic mass is 10.1. The molecule has 0 saturated carbocycles. The zero-order valence-electron chi connectivity index (χ0n) is 12.2. The number of ether oxygens (including phenoxy) is 1. The van der Waals surface area contributed by atoms with Crippen LogP contribution >= 0.6 is 0 Å². The first-order valence-corrected chi connectivity index (χ1v) is 7.13. The van der Waals surface area contributed by atoms with E-state index in [-0.39, 0.29) is 19.4 Å². The van der Waals surface area contributed by atoms with Gasteiger partial charge in [-0.3, -0.25) is 9.80 Å². The number of carbonyl (C=O) groups is 2. The molecule has 3 rings (SSSR count). The first-order valence-electron chi connectivity index (χ1n) is 7.13. The number of aliphatic hydroxyl groups is 2. The number of hydrogen-bond acceptors (Lipinski definition) is 6. The number of benzene rings is 2. The van der Waals surface area contributed by atoms with E-state index >= 15 is 0 Å². The van der Waals surface area contributed by atoms with Gasteiger partial charge in [0.05, 0.1) is 6.54 Å². The van der Waals surface area contributed by atoms with E-state index < -0.39 is 17.7 Å². The molecule has 0 bridgehead atoms. The zero-order chi connectivity index (χ0) is 16.4. The van der Waals surface area contributed by atoms with Gasteiger partial charge in [0.25, 0.3) is 11.7 Å². The van der Waals surface area contributed by atoms with Crippen LogP contribution < -0.4 is 10.2 Å². The van der Waals surface area contributed by atoms with E-state index in [1.807, 2.05) is 42.5 Å². The van der Waals surface area contributed by atoms with Crippen molar-refractivity contribution in [3.63, 3.8) is 0 Å². The Morgan fingerprint density at radius 3 is 2.70 bits per heavy atom. The van der Waals surface area contributed by atoms with E-state index in [1.165, 1.54) is 0 Å². The predicted octanol–water partition coefficient (Wildman–Crippen LogP) is -0.186. The minimum Gasteiger partial charge on any atom is -0.491 e. The Balaban J connectivity index is 1.66. The Hall–Kier alpha value is -2.48. The molecule has 2 aromatic rings. The molecule has 7 heteroatoms. The van der Waals surface area contributed by atoms with E-state index in [4.69, 9.17) is 4.74 Å². The second kappa shape index (κ2) is 5.96. The van der Waals surface area contributed by atoms with Crippen LogP contribution in [0.2, 0.25) is 0 Å². The summed E-state index contributed by atoms with van der Waals surface area (Å²) in [5.41, 5.74) is 2.44. The molecular weight excluding hydrogens is 300 g/mol. The fourth-order valence-electron chi connectivity index (χ4n) is 2.51. The van der Waals surface area contributed by atoms with Crippen LogP contribution in [-0.4, -0.2) is 52.4 Å². The van der Waals surface area contributed by atoms with Crippen LogP contribution in [0.4, 0.5) is 0 Å². The SMILES string of the molecule is O=CC1NN(CCOc2cccc3ccccc23)C(=O)C1(O)O. The third-order valence-electron chi connectivity index (χ3n) is 3.75. The molecule has 1 unspecified atom stereocenters. The van der Waals surface area contributed by atoms with E-state index in [9.17, 15) is 19.8 Å². The molecule has 0 spiro atoms. The van der Waals surface area contributed by atoms with Crippen molar-refractivity contribution < 1.29 is 24.5 Å². The van der Waals surface area contributed by atoms with Crippen LogP contribution in [0.25, 0.3) is 10.8 Å². The summed E-state index contributed by atoms with van der Waals surface area (Å²) in [4.78, 5) is 22.6. The average Bonchev–Trinajstić information content (AvgIpc) is 2.78. The second-order valence-electron chi connectivity index (χ2n) is 5.25. The minimum atomic E-state index is -2.72. The number of nitrogens with zero attached hydrogens (tertiary/aromatic N) is 1. The number of amides is 1. The summed E-state index contributed by atoms with van der Waals surface area (Å²) >= 11 is 0. The number of hydrogen-bond donors (Lipinski definition) is 3. The van der Waals surface area contributed by atoms with Crippen molar-refractivity contribution in [2.75, 3.05) is 13.2 Å². The van der Waals surface area contributed by atoms with Crippen LogP contribution in [0.1, 0.15) is 0 Å². The number of hydrazine groups is 1. The van der Waals surface area contributed by atoms with Gasteiger partial charge >= 0.3 is 0 Å². The summed E-state index contributed by atoms with van der Waals surface area (Å²) in [6.45, 7) is 0.198. The van der Waals surface area contributed by atoms with E-state index in [0.717, 1.165) is 15.8 Å². The van der Waals surface area contributed by atoms with Gasteiger partial charge in [-0.1, -0.05) is 36.4 Å². The summed E-state index contributed by atoms with van der Waals surface area (Å²) in [5, 5.41) is 22.1. The lowest BCUT2D eigenvalue weighted by molar-refractivity contribution is -0.185. The van der Waals surface area contributed by atoms with Crippen molar-refractivity contribution in [3.05, 3.63) is 42.5 Å². The molecule has 7 nitrogen and oxygen atoms in total. The molecule has 0 aromatic heterocycles. The van der Waals surface area contributed by atoms with Crippen LogP contribution in [-0.2, 0) is 9.59 Å². The fourth-order valence-corrected chi connectivity index (χ4v) is 2.51. The van der Waals surface area contributed by atoms with Crippen molar-refractivity contribution in [1.82, 2.24) is 10.4 Å². The van der Waals surface area contributed by atoms with Gasteiger partial charge in [-0.2, -0.15) is 0 Å². The maximum absolute atomic E-state index is 11.8. The largest absolute Gasteiger partial charge is 0.491 e. The van der Waals surface area contributed by atoms with Crippen molar-refractivity contribution in [2.45, 2.75) is 11.8 Å². The molecule has 1 aliphatic heterocycles. The molecule has 120 valence electrons. The summed E-state index contributed by atoms with van der Waals surface area (Å²) in [6.07, 6.45) is 0.281. The minimum absolute atomic E-state index is 0.0647. The summed E-state index contributed by atoms with van der Waals surface area (Å²) < 4.78 is 5.68. The topological polar surface area (TPSA) is 99.1 Å². The molecule has 1 atom stereocenters. The normalized spacial score (nSPS) is 20.0. The summed E-state index contributed by atoms with van der Waals surface area (Å²) in [5.74, 6) is -3.03. The Morgan fingerprint density at radius 2 is 1.96 bits per heavy atom. The van der Waals surface area contributed by atoms with Gasteiger partial charge in [0.2, 0.25) is 0 Å². The number of nitrogens with one attached hydrogen (secondary N) is 1. The highest BCUT2D eigenvalue weighted by molar-refractivity contribution is 5.90. The number of carbonyl (C=O) groups excluding carboxylic acids is 2. The Kier molecular flexibility index (Phi) is 3.99. The molecule has 1 heterocycles. The second-order valence-corrected chi connectivity index (χ2v) is 5.25. The van der Waals surface area contributed by atoms with E-state index in [1.54, 1.807) is 0 Å². The number of aldehydes is 1. The Bertz CT molecular complexity index is 741. The quantitative estimate of drug-likeness (QED) is 0.522. The van der Waals surface area contributed by atoms with Crippen molar-refractivity contribution in [3.8, 4) is 5.75 Å². The first kappa shape index (κ1) is 15.4. The molecule has 1 aliphatic rings. The van der Waals surface area contributed by atoms with Crippen molar-refractivity contribution in [1.29, 1.82) is 0 Å². The number of fused-ring (bicyclic) bond motifs is 1. The molecule has 1 saturated heterocycles. The van der Waals surface area contributed by atoms with Crippen LogP contribution in [0, 0.1) is 0 Å². The Labute approximate surface area is 132 Å². The summed E-state index contributed by atoms with van der Waals surface area (Å²) in [7, 11) is 0.